The van der Waals surface area contributed by atoms with Crippen LogP contribution in [0.3, 0.4) is 0 Å². The summed E-state index contributed by atoms with van der Waals surface area (Å²) in [6.07, 6.45) is 0. The van der Waals surface area contributed by atoms with Crippen molar-refractivity contribution < 1.29 is 73.4 Å². The van der Waals surface area contributed by atoms with Crippen LogP contribution in [0.4, 0.5) is 0 Å². The molecule has 0 aromatic heterocycles. The van der Waals surface area contributed by atoms with Gasteiger partial charge in [0.15, 0.2) is 0 Å². The summed E-state index contributed by atoms with van der Waals surface area (Å²) in [5.74, 6) is 0. The molecule has 0 aliphatic carbocycles. The van der Waals surface area contributed by atoms with E-state index in [1.165, 1.54) is 0 Å². The van der Waals surface area contributed by atoms with E-state index in [0.717, 1.165) is 14.2 Å². The largest absolute Gasteiger partial charge is 0.400 e. The second kappa shape index (κ2) is 98.9. The minimum atomic E-state index is 0. The van der Waals surface area contributed by atoms with Gasteiger partial charge in [-0.3, -0.25) is 0 Å². The smallest absolute Gasteiger partial charge is 0.0319 e. The fourth-order valence-electron chi connectivity index (χ4n) is 0. The molecule has 7 heavy (non-hydrogen) atoms. The van der Waals surface area contributed by atoms with Gasteiger partial charge in [0.1, 0.15) is 0 Å². The second-order valence-corrected chi connectivity index (χ2v) is 0. The predicted molar refractivity (Wildman–Crippen MR) is 16.3 cm³/mol. The first-order valence-electron chi connectivity index (χ1n) is 0.894. The third-order valence-corrected chi connectivity index (χ3v) is 0. The number of aliphatic hydroxyl groups excluding tert-OH is 2. The van der Waals surface area contributed by atoms with Crippen LogP contribution in [-0.2, 0) is 63.2 Å². The Balaban J connectivity index is -0.00000000267. The van der Waals surface area contributed by atoms with Gasteiger partial charge in [-0.25, -0.2) is 0 Å². The Morgan fingerprint density at radius 3 is 0.571 bits per heavy atom. The Morgan fingerprint density at radius 2 is 0.571 bits per heavy atom. The van der Waals surface area contributed by atoms with Crippen molar-refractivity contribution in [1.29, 1.82) is 0 Å². The van der Waals surface area contributed by atoms with Gasteiger partial charge in [0.25, 0.3) is 0 Å². The zero-order chi connectivity index (χ0) is 4.00. The van der Waals surface area contributed by atoms with Gasteiger partial charge in [-0.2, -0.15) is 0 Å². The Kier molecular flexibility index (Phi) is 510. The Bertz CT molecular complexity index is 10.9. The maximum Gasteiger partial charge on any atom is 0.0319 e. The van der Waals surface area contributed by atoms with Crippen LogP contribution < -0.4 is 0 Å². The van der Waals surface area contributed by atoms with Crippen molar-refractivity contribution in [2.45, 2.75) is 0 Å². The quantitative estimate of drug-likeness (QED) is 0.376. The molecule has 0 aromatic rings. The molecular weight excluding hydrogens is 608 g/mol. The average molecular weight is 616 g/mol. The summed E-state index contributed by atoms with van der Waals surface area (Å²) in [4.78, 5) is 0. The fraction of sp³-hybridized carbons (Fsp3) is 1.00. The summed E-state index contributed by atoms with van der Waals surface area (Å²) >= 11 is 0. The normalized spacial score (nSPS) is 1.71. The molecule has 0 bridgehead atoms. The molecule has 0 rings (SSSR count). The molecule has 46 valence electrons. The van der Waals surface area contributed by atoms with Gasteiger partial charge >= 0.3 is 0 Å². The van der Waals surface area contributed by atoms with Crippen molar-refractivity contribution in [3.05, 3.63) is 0 Å². The molecular formula is C2H8O2W3. The van der Waals surface area contributed by atoms with E-state index in [2.05, 4.69) is 0 Å². The zero-order valence-electron chi connectivity index (χ0n) is 4.12. The fourth-order valence-corrected chi connectivity index (χ4v) is 0. The monoisotopic (exact) mass is 616 g/mol. The number of rotatable bonds is 0. The van der Waals surface area contributed by atoms with Crippen molar-refractivity contribution in [2.24, 2.45) is 0 Å². The molecule has 0 heterocycles. The molecule has 0 saturated heterocycles. The van der Waals surface area contributed by atoms with Crippen LogP contribution in [0, 0.1) is 0 Å². The van der Waals surface area contributed by atoms with E-state index in [-0.39, 0.29) is 63.2 Å². The van der Waals surface area contributed by atoms with Gasteiger partial charge in [0.05, 0.1) is 0 Å². The molecule has 0 spiro atoms. The molecule has 0 amide bonds. The number of hydrogen-bond acceptors (Lipinski definition) is 2. The van der Waals surface area contributed by atoms with Gasteiger partial charge in [0.2, 0.25) is 0 Å². The van der Waals surface area contributed by atoms with Gasteiger partial charge in [-0.1, -0.05) is 0 Å². The summed E-state index contributed by atoms with van der Waals surface area (Å²) < 4.78 is 0. The Labute approximate surface area is 86.9 Å². The van der Waals surface area contributed by atoms with Gasteiger partial charge < -0.3 is 10.2 Å². The first-order chi connectivity index (χ1) is 2.00. The number of aliphatic hydroxyl groups is 2. The van der Waals surface area contributed by atoms with Gasteiger partial charge in [-0.15, -0.1) is 0 Å². The van der Waals surface area contributed by atoms with Crippen LogP contribution in [-0.4, -0.2) is 24.4 Å². The van der Waals surface area contributed by atoms with Crippen LogP contribution in [0.1, 0.15) is 0 Å². The van der Waals surface area contributed by atoms with E-state index < -0.39 is 0 Å². The van der Waals surface area contributed by atoms with Gasteiger partial charge in [-0.05, 0) is 0 Å². The molecule has 0 aromatic carbocycles. The van der Waals surface area contributed by atoms with Crippen molar-refractivity contribution in [3.63, 3.8) is 0 Å². The summed E-state index contributed by atoms with van der Waals surface area (Å²) in [5.41, 5.74) is 0. The molecule has 2 nitrogen and oxygen atoms in total. The second-order valence-electron chi connectivity index (χ2n) is 0. The van der Waals surface area contributed by atoms with Crippen LogP contribution in [0.2, 0.25) is 0 Å². The maximum atomic E-state index is 7.00. The molecule has 2 N–H and O–H groups in total. The molecule has 0 aliphatic heterocycles. The van der Waals surface area contributed by atoms with E-state index >= 15 is 0 Å². The third kappa shape index (κ3) is 72.6. The molecule has 0 aliphatic rings. The third-order valence-electron chi connectivity index (χ3n) is 0. The molecule has 0 radical (unpaired) electrons. The van der Waals surface area contributed by atoms with Crippen LogP contribution in [0.15, 0.2) is 0 Å². The number of hydrogen-bond donors (Lipinski definition) is 2. The van der Waals surface area contributed by atoms with E-state index in [1.54, 1.807) is 0 Å². The molecule has 0 unspecified atom stereocenters. The van der Waals surface area contributed by atoms with Crippen LogP contribution in [0.25, 0.3) is 0 Å². The zero-order valence-corrected chi connectivity index (χ0v) is 12.9. The first kappa shape index (κ1) is 36.1. The van der Waals surface area contributed by atoms with Crippen LogP contribution >= 0.6 is 0 Å². The summed E-state index contributed by atoms with van der Waals surface area (Å²) in [6.45, 7) is 0. The van der Waals surface area contributed by atoms with E-state index in [1.807, 2.05) is 0 Å². The Hall–Kier alpha value is 1.98. The van der Waals surface area contributed by atoms with Crippen molar-refractivity contribution in [3.8, 4) is 0 Å². The average Bonchev–Trinajstić information content (AvgIpc) is 1.50. The summed E-state index contributed by atoms with van der Waals surface area (Å²) in [6, 6.07) is 0. The van der Waals surface area contributed by atoms with Crippen LogP contribution in [0.5, 0.6) is 0 Å². The minimum absolute atomic E-state index is 0. The summed E-state index contributed by atoms with van der Waals surface area (Å²) in [5, 5.41) is 14.0. The van der Waals surface area contributed by atoms with Gasteiger partial charge in [0, 0.05) is 77.4 Å². The van der Waals surface area contributed by atoms with E-state index in [9.17, 15) is 0 Å². The minimum Gasteiger partial charge on any atom is -0.400 e. The van der Waals surface area contributed by atoms with Crippen molar-refractivity contribution in [2.75, 3.05) is 14.2 Å². The molecule has 0 fully saturated rings. The molecule has 5 heteroatoms. The summed E-state index contributed by atoms with van der Waals surface area (Å²) in [7, 11) is 2.00. The first-order valence-corrected chi connectivity index (χ1v) is 0.894. The maximum absolute atomic E-state index is 7.00. The van der Waals surface area contributed by atoms with Crippen molar-refractivity contribution >= 4 is 0 Å². The standard InChI is InChI=1S/2CH4O.3W/c2*1-2;;;/h2*2H,1H3;;;. The van der Waals surface area contributed by atoms with E-state index in [4.69, 9.17) is 10.2 Å². The van der Waals surface area contributed by atoms with Crippen molar-refractivity contribution in [1.82, 2.24) is 0 Å². The Morgan fingerprint density at radius 1 is 0.571 bits per heavy atom. The van der Waals surface area contributed by atoms with E-state index in [0.29, 0.717) is 0 Å². The SMILES string of the molecule is CO.CO.[W].[W].[W]. The predicted octanol–water partition coefficient (Wildman–Crippen LogP) is -0.790. The molecule has 0 saturated carbocycles. The topological polar surface area (TPSA) is 40.5 Å². The molecule has 0 atom stereocenters.